The van der Waals surface area contributed by atoms with Crippen LogP contribution in [0.2, 0.25) is 5.02 Å². The van der Waals surface area contributed by atoms with Gasteiger partial charge in [0.05, 0.1) is 12.6 Å². The number of aromatic nitrogens is 1. The van der Waals surface area contributed by atoms with Crippen molar-refractivity contribution in [2.24, 2.45) is 0 Å². The van der Waals surface area contributed by atoms with E-state index in [9.17, 15) is 9.59 Å². The summed E-state index contributed by atoms with van der Waals surface area (Å²) in [5, 5.41) is 3.85. The van der Waals surface area contributed by atoms with Crippen LogP contribution in [-0.4, -0.2) is 17.6 Å². The Bertz CT molecular complexity index is 982. The van der Waals surface area contributed by atoms with Gasteiger partial charge in [-0.3, -0.25) is 9.59 Å². The molecule has 0 unspecified atom stereocenters. The number of carbonyl (C=O) groups is 1. The van der Waals surface area contributed by atoms with Gasteiger partial charge in [0.15, 0.2) is 5.43 Å². The van der Waals surface area contributed by atoms with Crippen LogP contribution in [0.1, 0.15) is 5.56 Å². The molecule has 0 aliphatic heterocycles. The van der Waals surface area contributed by atoms with Crippen molar-refractivity contribution in [2.75, 3.05) is 7.11 Å². The van der Waals surface area contributed by atoms with Crippen molar-refractivity contribution >= 4 is 28.4 Å². The highest BCUT2D eigenvalue weighted by Crippen LogP contribution is 2.18. The van der Waals surface area contributed by atoms with E-state index < -0.39 is 0 Å². The standard InChI is InChI=1S/C19H17ClN2O3/c1-25-18-5-3-2-4-13(18)11-21-19(24)12-22-9-8-17(23)15-10-14(20)6-7-16(15)22/h2-10H,11-12H2,1H3,(H,21,24). The van der Waals surface area contributed by atoms with E-state index in [0.717, 1.165) is 11.3 Å². The minimum atomic E-state index is -0.161. The number of amides is 1. The van der Waals surface area contributed by atoms with Gasteiger partial charge < -0.3 is 14.6 Å². The van der Waals surface area contributed by atoms with E-state index in [4.69, 9.17) is 16.3 Å². The molecular formula is C19H17ClN2O3. The zero-order valence-electron chi connectivity index (χ0n) is 13.7. The molecule has 1 aromatic heterocycles. The second-order valence-electron chi connectivity index (χ2n) is 5.56. The predicted octanol–water partition coefficient (Wildman–Crippen LogP) is 2.98. The molecule has 1 amide bonds. The van der Waals surface area contributed by atoms with E-state index >= 15 is 0 Å². The number of halogens is 1. The molecule has 1 N–H and O–H groups in total. The number of nitrogens with one attached hydrogen (secondary N) is 1. The quantitative estimate of drug-likeness (QED) is 0.764. The summed E-state index contributed by atoms with van der Waals surface area (Å²) >= 11 is 5.96. The average Bonchev–Trinajstić information content (AvgIpc) is 2.62. The molecule has 0 aliphatic rings. The zero-order chi connectivity index (χ0) is 17.8. The number of para-hydroxylation sites is 1. The molecule has 0 spiro atoms. The molecule has 3 rings (SSSR count). The number of hydrogen-bond acceptors (Lipinski definition) is 3. The maximum Gasteiger partial charge on any atom is 0.240 e. The van der Waals surface area contributed by atoms with Crippen LogP contribution in [0.3, 0.4) is 0 Å². The van der Waals surface area contributed by atoms with E-state index in [1.165, 1.54) is 6.07 Å². The summed E-state index contributed by atoms with van der Waals surface area (Å²) < 4.78 is 7.00. The Morgan fingerprint density at radius 2 is 2.00 bits per heavy atom. The lowest BCUT2D eigenvalue weighted by Crippen LogP contribution is -2.27. The van der Waals surface area contributed by atoms with Gasteiger partial charge in [0, 0.05) is 34.8 Å². The first kappa shape index (κ1) is 17.0. The molecule has 128 valence electrons. The minimum absolute atomic E-state index is 0.105. The Labute approximate surface area is 149 Å². The van der Waals surface area contributed by atoms with Gasteiger partial charge >= 0.3 is 0 Å². The zero-order valence-corrected chi connectivity index (χ0v) is 14.4. The lowest BCUT2D eigenvalue weighted by atomic mass is 10.2. The van der Waals surface area contributed by atoms with Crippen LogP contribution >= 0.6 is 11.6 Å². The van der Waals surface area contributed by atoms with Crippen molar-refractivity contribution in [1.29, 1.82) is 0 Å². The maximum absolute atomic E-state index is 12.3. The first-order valence-electron chi connectivity index (χ1n) is 7.76. The van der Waals surface area contributed by atoms with Gasteiger partial charge in [0.2, 0.25) is 5.91 Å². The van der Waals surface area contributed by atoms with Crippen LogP contribution in [0.5, 0.6) is 5.75 Å². The van der Waals surface area contributed by atoms with Crippen LogP contribution < -0.4 is 15.5 Å². The smallest absolute Gasteiger partial charge is 0.240 e. The Morgan fingerprint density at radius 1 is 1.20 bits per heavy atom. The van der Waals surface area contributed by atoms with E-state index in [1.807, 2.05) is 24.3 Å². The summed E-state index contributed by atoms with van der Waals surface area (Å²) in [7, 11) is 1.60. The number of hydrogen-bond donors (Lipinski definition) is 1. The summed E-state index contributed by atoms with van der Waals surface area (Å²) in [6.07, 6.45) is 1.61. The van der Waals surface area contributed by atoms with Crippen LogP contribution in [0.15, 0.2) is 59.5 Å². The van der Waals surface area contributed by atoms with E-state index in [2.05, 4.69) is 5.32 Å². The largest absolute Gasteiger partial charge is 0.496 e. The average molecular weight is 357 g/mol. The highest BCUT2D eigenvalue weighted by molar-refractivity contribution is 6.31. The van der Waals surface area contributed by atoms with Gasteiger partial charge in [0.25, 0.3) is 0 Å². The topological polar surface area (TPSA) is 60.3 Å². The van der Waals surface area contributed by atoms with Gasteiger partial charge in [-0.2, -0.15) is 0 Å². The monoisotopic (exact) mass is 356 g/mol. The third kappa shape index (κ3) is 3.83. The molecule has 1 heterocycles. The van der Waals surface area contributed by atoms with Crippen LogP contribution in [0, 0.1) is 0 Å². The molecule has 2 aromatic carbocycles. The van der Waals surface area contributed by atoms with Crippen molar-refractivity contribution in [2.45, 2.75) is 13.1 Å². The number of nitrogens with zero attached hydrogens (tertiary/aromatic N) is 1. The third-order valence-corrected chi connectivity index (χ3v) is 4.16. The molecule has 0 atom stereocenters. The number of fused-ring (bicyclic) bond motifs is 1. The number of pyridine rings is 1. The van der Waals surface area contributed by atoms with Crippen molar-refractivity contribution in [1.82, 2.24) is 9.88 Å². The lowest BCUT2D eigenvalue weighted by molar-refractivity contribution is -0.121. The summed E-state index contributed by atoms with van der Waals surface area (Å²) in [4.78, 5) is 24.3. The molecule has 0 aliphatic carbocycles. The summed E-state index contributed by atoms with van der Waals surface area (Å²) in [5.74, 6) is 0.567. The Balaban J connectivity index is 1.76. The van der Waals surface area contributed by atoms with Crippen LogP contribution in [0.4, 0.5) is 0 Å². The Kier molecular flexibility index (Phi) is 5.05. The van der Waals surface area contributed by atoms with Gasteiger partial charge in [-0.05, 0) is 24.3 Å². The summed E-state index contributed by atoms with van der Waals surface area (Å²) in [5.41, 5.74) is 1.45. The fourth-order valence-electron chi connectivity index (χ4n) is 2.68. The van der Waals surface area contributed by atoms with E-state index in [-0.39, 0.29) is 17.9 Å². The summed E-state index contributed by atoms with van der Waals surface area (Å²) in [6, 6.07) is 14.0. The second kappa shape index (κ2) is 7.40. The first-order chi connectivity index (χ1) is 12.1. The summed E-state index contributed by atoms with van der Waals surface area (Å²) in [6.45, 7) is 0.473. The fraction of sp³-hybridized carbons (Fsp3) is 0.158. The fourth-order valence-corrected chi connectivity index (χ4v) is 2.85. The van der Waals surface area contributed by atoms with Gasteiger partial charge in [-0.1, -0.05) is 29.8 Å². The van der Waals surface area contributed by atoms with Gasteiger partial charge in [-0.25, -0.2) is 0 Å². The van der Waals surface area contributed by atoms with Crippen molar-refractivity contribution in [3.8, 4) is 5.75 Å². The molecule has 5 nitrogen and oxygen atoms in total. The number of ether oxygens (including phenoxy) is 1. The number of benzene rings is 2. The molecule has 0 fully saturated rings. The van der Waals surface area contributed by atoms with Gasteiger partial charge in [0.1, 0.15) is 12.3 Å². The molecule has 3 aromatic rings. The van der Waals surface area contributed by atoms with E-state index in [0.29, 0.717) is 22.5 Å². The second-order valence-corrected chi connectivity index (χ2v) is 5.99. The molecule has 25 heavy (non-hydrogen) atoms. The molecule has 0 saturated carbocycles. The SMILES string of the molecule is COc1ccccc1CNC(=O)Cn1ccc(=O)c2cc(Cl)ccc21. The molecule has 0 bridgehead atoms. The molecule has 0 radical (unpaired) electrons. The maximum atomic E-state index is 12.3. The molecular weight excluding hydrogens is 340 g/mol. The third-order valence-electron chi connectivity index (χ3n) is 3.92. The van der Waals surface area contributed by atoms with Crippen LogP contribution in [-0.2, 0) is 17.9 Å². The van der Waals surface area contributed by atoms with Crippen molar-refractivity contribution in [3.63, 3.8) is 0 Å². The van der Waals surface area contributed by atoms with Crippen LogP contribution in [0.25, 0.3) is 10.9 Å². The first-order valence-corrected chi connectivity index (χ1v) is 8.13. The van der Waals surface area contributed by atoms with Crippen molar-refractivity contribution in [3.05, 3.63) is 75.5 Å². The molecule has 6 heteroatoms. The lowest BCUT2D eigenvalue weighted by Gasteiger charge is -2.12. The number of methoxy groups -OCH3 is 1. The Morgan fingerprint density at radius 3 is 2.80 bits per heavy atom. The molecule has 0 saturated heterocycles. The van der Waals surface area contributed by atoms with Gasteiger partial charge in [-0.15, -0.1) is 0 Å². The number of carbonyl (C=O) groups excluding carboxylic acids is 1. The highest BCUT2D eigenvalue weighted by Gasteiger charge is 2.09. The number of rotatable bonds is 5. The van der Waals surface area contributed by atoms with E-state index in [1.54, 1.807) is 36.1 Å². The predicted molar refractivity (Wildman–Crippen MR) is 98.1 cm³/mol. The van der Waals surface area contributed by atoms with Crippen molar-refractivity contribution < 1.29 is 9.53 Å². The normalized spacial score (nSPS) is 10.6. The Hall–Kier alpha value is -2.79. The highest BCUT2D eigenvalue weighted by atomic mass is 35.5. The minimum Gasteiger partial charge on any atom is -0.496 e.